The summed E-state index contributed by atoms with van der Waals surface area (Å²) in [6.45, 7) is 5.43. The van der Waals surface area contributed by atoms with Gasteiger partial charge < -0.3 is 24.8 Å². The first-order valence-corrected chi connectivity index (χ1v) is 12.2. The summed E-state index contributed by atoms with van der Waals surface area (Å²) < 4.78 is 14.6. The van der Waals surface area contributed by atoms with E-state index in [0.717, 1.165) is 6.08 Å². The molecule has 0 atom stereocenters. The zero-order chi connectivity index (χ0) is 27.7. The van der Waals surface area contributed by atoms with Crippen LogP contribution in [-0.4, -0.2) is 75.2 Å². The van der Waals surface area contributed by atoms with Gasteiger partial charge in [0.2, 0.25) is 11.8 Å². The number of hydrogen-bond donors (Lipinski definition) is 2. The van der Waals surface area contributed by atoms with Crippen LogP contribution < -0.4 is 10.6 Å². The molecular weight excluding hydrogens is 492 g/mol. The molecule has 13 heteroatoms. The lowest BCUT2D eigenvalue weighted by molar-refractivity contribution is -0.272. The largest absolute Gasteiger partial charge is 0.465 e. The summed E-state index contributed by atoms with van der Waals surface area (Å²) in [4.78, 5) is 77.3. The Kier molecular flexibility index (Phi) is 20.8. The molecule has 2 amide bonds. The van der Waals surface area contributed by atoms with Crippen LogP contribution in [0.4, 0.5) is 0 Å². The molecule has 0 rings (SSSR count). The molecule has 210 valence electrons. The molecule has 0 unspecified atom stereocenters. The molecule has 0 bridgehead atoms. The maximum atomic E-state index is 11.6. The molecule has 37 heavy (non-hydrogen) atoms. The van der Waals surface area contributed by atoms with E-state index >= 15 is 0 Å². The smallest absolute Gasteiger partial charge is 0.342 e. The predicted molar refractivity (Wildman–Crippen MR) is 128 cm³/mol. The number of ether oxygens (including phenoxy) is 3. The van der Waals surface area contributed by atoms with Gasteiger partial charge in [-0.05, 0) is 32.1 Å². The van der Waals surface area contributed by atoms with E-state index in [2.05, 4.69) is 26.8 Å². The summed E-state index contributed by atoms with van der Waals surface area (Å²) in [5.74, 6) is -2.81. The van der Waals surface area contributed by atoms with Gasteiger partial charge in [0.05, 0.1) is 13.2 Å². The van der Waals surface area contributed by atoms with Crippen molar-refractivity contribution in [3.8, 4) is 0 Å². The first kappa shape index (κ1) is 33.5. The van der Waals surface area contributed by atoms with Gasteiger partial charge in [0.25, 0.3) is 0 Å². The fourth-order valence-corrected chi connectivity index (χ4v) is 2.60. The van der Waals surface area contributed by atoms with Gasteiger partial charge in [0.1, 0.15) is 19.6 Å². The standard InChI is InChI=1S/C24H38N2O11/c1-3-21(29)34-16-17-35-22(30)10-6-5-9-15-36-37-23(31)11-7-4-8-14-33-24(32)18-20(28)26-13-12-25-19(2)27/h3H,1,4-18H2,2H3,(H,25,27)(H,26,28). The van der Waals surface area contributed by atoms with Crippen LogP contribution in [0.5, 0.6) is 0 Å². The lowest BCUT2D eigenvalue weighted by Gasteiger charge is -2.07. The van der Waals surface area contributed by atoms with Crippen LogP contribution in [0.15, 0.2) is 12.7 Å². The van der Waals surface area contributed by atoms with Gasteiger partial charge >= 0.3 is 23.9 Å². The lowest BCUT2D eigenvalue weighted by atomic mass is 10.2. The molecule has 0 aliphatic carbocycles. The van der Waals surface area contributed by atoms with Crippen molar-refractivity contribution in [1.82, 2.24) is 10.6 Å². The number of carbonyl (C=O) groups is 6. The quantitative estimate of drug-likeness (QED) is 0.0389. The number of carbonyl (C=O) groups excluding carboxylic acids is 6. The highest BCUT2D eigenvalue weighted by Gasteiger charge is 2.10. The summed E-state index contributed by atoms with van der Waals surface area (Å²) in [5.41, 5.74) is 0. The second-order valence-electron chi connectivity index (χ2n) is 7.72. The molecule has 0 heterocycles. The number of hydrogen-bond acceptors (Lipinski definition) is 11. The topological polar surface area (TPSA) is 173 Å². The maximum Gasteiger partial charge on any atom is 0.342 e. The Hall–Kier alpha value is -3.48. The summed E-state index contributed by atoms with van der Waals surface area (Å²) in [6, 6.07) is 0. The minimum absolute atomic E-state index is 0.00954. The van der Waals surface area contributed by atoms with E-state index in [9.17, 15) is 28.8 Å². The van der Waals surface area contributed by atoms with E-state index in [1.165, 1.54) is 6.92 Å². The molecule has 13 nitrogen and oxygen atoms in total. The fraction of sp³-hybridized carbons (Fsp3) is 0.667. The molecule has 0 spiro atoms. The second kappa shape index (κ2) is 23.0. The molecular formula is C24H38N2O11. The van der Waals surface area contributed by atoms with Crippen molar-refractivity contribution in [2.24, 2.45) is 0 Å². The van der Waals surface area contributed by atoms with Crippen molar-refractivity contribution < 1.29 is 52.8 Å². The third-order valence-electron chi connectivity index (χ3n) is 4.43. The molecule has 0 aromatic rings. The summed E-state index contributed by atoms with van der Waals surface area (Å²) in [5, 5.41) is 5.00. The fourth-order valence-electron chi connectivity index (χ4n) is 2.60. The third-order valence-corrected chi connectivity index (χ3v) is 4.43. The molecule has 0 aromatic heterocycles. The van der Waals surface area contributed by atoms with Crippen molar-refractivity contribution in [3.05, 3.63) is 12.7 Å². The predicted octanol–water partition coefficient (Wildman–Crippen LogP) is 1.04. The Morgan fingerprint density at radius 2 is 1.27 bits per heavy atom. The second-order valence-corrected chi connectivity index (χ2v) is 7.72. The minimum Gasteiger partial charge on any atom is -0.465 e. The van der Waals surface area contributed by atoms with Gasteiger partial charge in [-0.2, -0.15) is 4.89 Å². The zero-order valence-electron chi connectivity index (χ0n) is 21.4. The lowest BCUT2D eigenvalue weighted by Crippen LogP contribution is -2.34. The van der Waals surface area contributed by atoms with Crippen molar-refractivity contribution >= 4 is 35.7 Å². The Morgan fingerprint density at radius 1 is 0.676 bits per heavy atom. The first-order chi connectivity index (χ1) is 17.7. The average molecular weight is 531 g/mol. The highest BCUT2D eigenvalue weighted by atomic mass is 17.2. The van der Waals surface area contributed by atoms with E-state index in [1.807, 2.05) is 0 Å². The summed E-state index contributed by atoms with van der Waals surface area (Å²) in [6.07, 6.45) is 4.53. The SMILES string of the molecule is C=CC(=O)OCCOC(=O)CCCCCOOC(=O)CCCCCOC(=O)CC(=O)NCCNC(C)=O. The van der Waals surface area contributed by atoms with E-state index in [4.69, 9.17) is 14.4 Å². The first-order valence-electron chi connectivity index (χ1n) is 12.2. The van der Waals surface area contributed by atoms with Gasteiger partial charge in [-0.1, -0.05) is 13.0 Å². The molecule has 0 aliphatic heterocycles. The average Bonchev–Trinajstić information content (AvgIpc) is 2.85. The zero-order valence-corrected chi connectivity index (χ0v) is 21.4. The molecule has 0 aromatic carbocycles. The summed E-state index contributed by atoms with van der Waals surface area (Å²) >= 11 is 0. The third kappa shape index (κ3) is 24.0. The highest BCUT2D eigenvalue weighted by molar-refractivity contribution is 5.94. The van der Waals surface area contributed by atoms with Gasteiger partial charge in [-0.3, -0.25) is 24.1 Å². The Bertz CT molecular complexity index is 740. The Balaban J connectivity index is 3.49. The van der Waals surface area contributed by atoms with Crippen LogP contribution >= 0.6 is 0 Å². The Labute approximate surface area is 216 Å². The highest BCUT2D eigenvalue weighted by Crippen LogP contribution is 2.05. The van der Waals surface area contributed by atoms with Crippen LogP contribution in [0.2, 0.25) is 0 Å². The normalized spacial score (nSPS) is 10.1. The molecule has 0 fully saturated rings. The van der Waals surface area contributed by atoms with Crippen molar-refractivity contribution in [2.75, 3.05) is 39.5 Å². The van der Waals surface area contributed by atoms with E-state index < -0.39 is 36.2 Å². The molecule has 0 saturated heterocycles. The van der Waals surface area contributed by atoms with Crippen LogP contribution in [0, 0.1) is 0 Å². The van der Waals surface area contributed by atoms with Crippen LogP contribution in [0.1, 0.15) is 64.7 Å². The number of amides is 2. The minimum atomic E-state index is -0.645. The number of esters is 3. The van der Waals surface area contributed by atoms with Crippen LogP contribution in [0.25, 0.3) is 0 Å². The van der Waals surface area contributed by atoms with Gasteiger partial charge in [0, 0.05) is 38.9 Å². The van der Waals surface area contributed by atoms with E-state index in [0.29, 0.717) is 38.5 Å². The monoisotopic (exact) mass is 530 g/mol. The van der Waals surface area contributed by atoms with Crippen molar-refractivity contribution in [1.29, 1.82) is 0 Å². The van der Waals surface area contributed by atoms with E-state index in [-0.39, 0.29) is 58.3 Å². The van der Waals surface area contributed by atoms with Gasteiger partial charge in [-0.15, -0.1) is 0 Å². The molecule has 0 saturated carbocycles. The van der Waals surface area contributed by atoms with Crippen molar-refractivity contribution in [2.45, 2.75) is 64.7 Å². The van der Waals surface area contributed by atoms with Crippen LogP contribution in [-0.2, 0) is 52.8 Å². The van der Waals surface area contributed by atoms with Crippen molar-refractivity contribution in [3.63, 3.8) is 0 Å². The maximum absolute atomic E-state index is 11.6. The van der Waals surface area contributed by atoms with Crippen LogP contribution in [0.3, 0.4) is 0 Å². The molecule has 0 radical (unpaired) electrons. The Morgan fingerprint density at radius 3 is 1.95 bits per heavy atom. The molecule has 0 aliphatic rings. The molecule has 2 N–H and O–H groups in total. The summed E-state index contributed by atoms with van der Waals surface area (Å²) in [7, 11) is 0. The number of unbranched alkanes of at least 4 members (excludes halogenated alkanes) is 4. The van der Waals surface area contributed by atoms with Gasteiger partial charge in [0.15, 0.2) is 0 Å². The van der Waals surface area contributed by atoms with Gasteiger partial charge in [-0.25, -0.2) is 9.59 Å². The number of rotatable bonds is 22. The van der Waals surface area contributed by atoms with E-state index in [1.54, 1.807) is 0 Å². The number of nitrogens with one attached hydrogen (secondary N) is 2.